The van der Waals surface area contributed by atoms with Crippen LogP contribution in [0.15, 0.2) is 5.38 Å². The first-order valence-corrected chi connectivity index (χ1v) is 8.24. The molecule has 2 heterocycles. The van der Waals surface area contributed by atoms with Gasteiger partial charge in [0.2, 0.25) is 0 Å². The third-order valence-electron chi connectivity index (χ3n) is 2.93. The molecule has 1 aromatic heterocycles. The van der Waals surface area contributed by atoms with Crippen LogP contribution in [0.3, 0.4) is 0 Å². The average molecular weight is 273 g/mol. The Morgan fingerprint density at radius 1 is 1.53 bits per heavy atom. The highest BCUT2D eigenvalue weighted by Crippen LogP contribution is 2.22. The molecular weight excluding hydrogens is 258 g/mol. The summed E-state index contributed by atoms with van der Waals surface area (Å²) in [5, 5.41) is 1.80. The van der Waals surface area contributed by atoms with Crippen LogP contribution in [0.4, 0.5) is 0 Å². The van der Waals surface area contributed by atoms with E-state index in [-0.39, 0.29) is 18.0 Å². The van der Waals surface area contributed by atoms with Crippen LogP contribution in [-0.4, -0.2) is 30.2 Å². The summed E-state index contributed by atoms with van der Waals surface area (Å²) in [5.41, 5.74) is 0.879. The molecule has 94 valence electrons. The highest BCUT2D eigenvalue weighted by molar-refractivity contribution is 7.92. The van der Waals surface area contributed by atoms with Gasteiger partial charge in [-0.25, -0.2) is 13.4 Å². The first-order chi connectivity index (χ1) is 7.99. The van der Waals surface area contributed by atoms with Gasteiger partial charge in [-0.3, -0.25) is 4.79 Å². The summed E-state index contributed by atoms with van der Waals surface area (Å²) in [6.07, 6.45) is 2.14. The van der Waals surface area contributed by atoms with E-state index in [9.17, 15) is 13.2 Å². The topological polar surface area (TPSA) is 64.1 Å². The summed E-state index contributed by atoms with van der Waals surface area (Å²) >= 11 is 1.42. The Morgan fingerprint density at radius 3 is 2.88 bits per heavy atom. The first kappa shape index (κ1) is 12.7. The number of carbonyl (C=O) groups excluding carboxylic acids is 1. The van der Waals surface area contributed by atoms with Crippen molar-refractivity contribution in [1.82, 2.24) is 4.98 Å². The molecule has 6 heteroatoms. The van der Waals surface area contributed by atoms with E-state index in [0.29, 0.717) is 17.8 Å². The second kappa shape index (κ2) is 4.86. The normalized spacial score (nSPS) is 23.5. The molecule has 0 aliphatic carbocycles. The van der Waals surface area contributed by atoms with Gasteiger partial charge in [0, 0.05) is 11.1 Å². The number of hydrogen-bond donors (Lipinski definition) is 0. The molecule has 1 aliphatic heterocycles. The molecule has 1 aliphatic rings. The van der Waals surface area contributed by atoms with E-state index in [1.807, 2.05) is 12.3 Å². The molecule has 17 heavy (non-hydrogen) atoms. The monoisotopic (exact) mass is 273 g/mol. The van der Waals surface area contributed by atoms with Crippen LogP contribution in [0.5, 0.6) is 0 Å². The molecule has 1 saturated heterocycles. The van der Waals surface area contributed by atoms with E-state index in [4.69, 9.17) is 0 Å². The van der Waals surface area contributed by atoms with Crippen LogP contribution in [0.2, 0.25) is 0 Å². The summed E-state index contributed by atoms with van der Waals surface area (Å²) in [6.45, 7) is 1.86. The lowest BCUT2D eigenvalue weighted by Crippen LogP contribution is -2.36. The maximum absolute atomic E-state index is 12.0. The fraction of sp³-hybridized carbons (Fsp3) is 0.636. The van der Waals surface area contributed by atoms with Crippen LogP contribution in [0.25, 0.3) is 0 Å². The van der Waals surface area contributed by atoms with Gasteiger partial charge < -0.3 is 0 Å². The number of Topliss-reactive ketones (excluding diaryl/α,β-unsaturated/α-hetero) is 1. The number of thiazole rings is 1. The van der Waals surface area contributed by atoms with Crippen molar-refractivity contribution in [2.75, 3.05) is 5.75 Å². The number of nitrogens with zero attached hydrogens (tertiary/aromatic N) is 1. The zero-order valence-electron chi connectivity index (χ0n) is 9.68. The van der Waals surface area contributed by atoms with Crippen molar-refractivity contribution in [2.45, 2.75) is 37.9 Å². The molecule has 0 radical (unpaired) electrons. The Bertz CT molecular complexity index is 519. The fourth-order valence-electron chi connectivity index (χ4n) is 2.06. The summed E-state index contributed by atoms with van der Waals surface area (Å²) in [7, 11) is -3.21. The van der Waals surface area contributed by atoms with Gasteiger partial charge in [-0.05, 0) is 19.8 Å². The molecule has 0 N–H and O–H groups in total. The summed E-state index contributed by atoms with van der Waals surface area (Å²) in [4.78, 5) is 16.2. The number of aryl methyl sites for hydroxylation is 1. The van der Waals surface area contributed by atoms with Gasteiger partial charge in [-0.1, -0.05) is 6.42 Å². The summed E-state index contributed by atoms with van der Waals surface area (Å²) < 4.78 is 23.6. The van der Waals surface area contributed by atoms with Crippen molar-refractivity contribution in [3.05, 3.63) is 16.1 Å². The van der Waals surface area contributed by atoms with Crippen LogP contribution in [0.1, 0.15) is 30.0 Å². The number of aromatic nitrogens is 1. The molecule has 0 saturated carbocycles. The number of rotatable bonds is 3. The quantitative estimate of drug-likeness (QED) is 0.838. The fourth-order valence-corrected chi connectivity index (χ4v) is 4.75. The Morgan fingerprint density at radius 2 is 2.29 bits per heavy atom. The number of hydrogen-bond acceptors (Lipinski definition) is 5. The minimum absolute atomic E-state index is 0.153. The molecule has 0 amide bonds. The van der Waals surface area contributed by atoms with Gasteiger partial charge in [0.05, 0.1) is 12.2 Å². The Labute approximate surface area is 105 Å². The van der Waals surface area contributed by atoms with Gasteiger partial charge in [0.15, 0.2) is 15.6 Å². The van der Waals surface area contributed by atoms with Crippen molar-refractivity contribution in [1.29, 1.82) is 0 Å². The van der Waals surface area contributed by atoms with Crippen LogP contribution < -0.4 is 0 Å². The minimum atomic E-state index is -3.21. The number of ketones is 1. The van der Waals surface area contributed by atoms with Crippen molar-refractivity contribution < 1.29 is 13.2 Å². The van der Waals surface area contributed by atoms with E-state index in [1.165, 1.54) is 11.3 Å². The molecule has 4 nitrogen and oxygen atoms in total. The first-order valence-electron chi connectivity index (χ1n) is 5.64. The maximum Gasteiger partial charge on any atom is 0.160 e. The zero-order valence-corrected chi connectivity index (χ0v) is 11.3. The highest BCUT2D eigenvalue weighted by atomic mass is 32.2. The predicted octanol–water partition coefficient (Wildman–Crippen LogP) is 1.53. The van der Waals surface area contributed by atoms with Gasteiger partial charge in [-0.15, -0.1) is 11.3 Å². The molecule has 0 aromatic carbocycles. The van der Waals surface area contributed by atoms with Crippen molar-refractivity contribution >= 4 is 27.0 Å². The second-order valence-electron chi connectivity index (χ2n) is 4.38. The van der Waals surface area contributed by atoms with Crippen LogP contribution >= 0.6 is 11.3 Å². The molecule has 1 fully saturated rings. The van der Waals surface area contributed by atoms with Crippen LogP contribution in [-0.2, 0) is 21.1 Å². The smallest absolute Gasteiger partial charge is 0.160 e. The molecule has 0 bridgehead atoms. The zero-order chi connectivity index (χ0) is 12.5. The Kier molecular flexibility index (Phi) is 3.63. The van der Waals surface area contributed by atoms with Crippen LogP contribution in [0, 0.1) is 6.92 Å². The third-order valence-corrected chi connectivity index (χ3v) is 6.12. The molecule has 0 spiro atoms. The minimum Gasteiger partial charge on any atom is -0.298 e. The standard InChI is InChI=1S/C11H15NO3S2/c1-8-7-16-11(12-8)6-9(13)10-4-2-3-5-17(10,14)15/h7,10H,2-6H2,1H3. The lowest BCUT2D eigenvalue weighted by atomic mass is 10.1. The highest BCUT2D eigenvalue weighted by Gasteiger charge is 2.34. The maximum atomic E-state index is 12.0. The Hall–Kier alpha value is -0.750. The summed E-state index contributed by atoms with van der Waals surface area (Å²) in [5.74, 6) is -0.0422. The molecular formula is C11H15NO3S2. The molecule has 1 unspecified atom stereocenters. The number of sulfone groups is 1. The predicted molar refractivity (Wildman–Crippen MR) is 67.0 cm³/mol. The van der Waals surface area contributed by atoms with Crippen molar-refractivity contribution in [3.8, 4) is 0 Å². The van der Waals surface area contributed by atoms with E-state index < -0.39 is 15.1 Å². The van der Waals surface area contributed by atoms with Gasteiger partial charge in [-0.2, -0.15) is 0 Å². The summed E-state index contributed by atoms with van der Waals surface area (Å²) in [6, 6.07) is 0. The van der Waals surface area contributed by atoms with E-state index in [1.54, 1.807) is 0 Å². The average Bonchev–Trinajstić information content (AvgIpc) is 2.63. The second-order valence-corrected chi connectivity index (χ2v) is 7.62. The Balaban J connectivity index is 2.09. The van der Waals surface area contributed by atoms with Gasteiger partial charge in [0.25, 0.3) is 0 Å². The largest absolute Gasteiger partial charge is 0.298 e. The lowest BCUT2D eigenvalue weighted by molar-refractivity contribution is -0.118. The third kappa shape index (κ3) is 2.93. The van der Waals surface area contributed by atoms with E-state index in [0.717, 1.165) is 12.1 Å². The number of carbonyl (C=O) groups is 1. The van der Waals surface area contributed by atoms with Gasteiger partial charge >= 0.3 is 0 Å². The lowest BCUT2D eigenvalue weighted by Gasteiger charge is -2.20. The van der Waals surface area contributed by atoms with Crippen molar-refractivity contribution in [2.24, 2.45) is 0 Å². The molecule has 1 atom stereocenters. The van der Waals surface area contributed by atoms with Gasteiger partial charge in [0.1, 0.15) is 10.3 Å². The van der Waals surface area contributed by atoms with E-state index >= 15 is 0 Å². The molecule has 2 rings (SSSR count). The SMILES string of the molecule is Cc1csc(CC(=O)C2CCCCS2(=O)=O)n1. The van der Waals surface area contributed by atoms with E-state index in [2.05, 4.69) is 4.98 Å². The van der Waals surface area contributed by atoms with Crippen molar-refractivity contribution in [3.63, 3.8) is 0 Å². The molecule has 1 aromatic rings.